The predicted molar refractivity (Wildman–Crippen MR) is 74.9 cm³/mol. The third-order valence-corrected chi connectivity index (χ3v) is 3.34. The highest BCUT2D eigenvalue weighted by atomic mass is 19.1. The Morgan fingerprint density at radius 3 is 2.05 bits per heavy atom. The molecule has 2 rings (SSSR count). The van der Waals surface area contributed by atoms with Gasteiger partial charge in [-0.05, 0) is 60.4 Å². The molecule has 0 bridgehead atoms. The Hall–Kier alpha value is -1.87. The van der Waals surface area contributed by atoms with Crippen molar-refractivity contribution in [2.24, 2.45) is 5.73 Å². The molecule has 0 fully saturated rings. The number of halogens is 1. The number of methoxy groups -OCH3 is 1. The first-order chi connectivity index (χ1) is 9.02. The van der Waals surface area contributed by atoms with E-state index in [1.807, 2.05) is 38.1 Å². The summed E-state index contributed by atoms with van der Waals surface area (Å²) in [5.74, 6) is 0.573. The summed E-state index contributed by atoms with van der Waals surface area (Å²) in [5.41, 5.74) is 10.0. The second-order valence-corrected chi connectivity index (χ2v) is 4.70. The molecule has 2 N–H and O–H groups in total. The Morgan fingerprint density at radius 2 is 1.58 bits per heavy atom. The fourth-order valence-corrected chi connectivity index (χ4v) is 2.39. The summed E-state index contributed by atoms with van der Waals surface area (Å²) in [4.78, 5) is 0. The molecule has 19 heavy (non-hydrogen) atoms. The molecule has 2 aromatic carbocycles. The van der Waals surface area contributed by atoms with Crippen molar-refractivity contribution in [1.82, 2.24) is 0 Å². The minimum absolute atomic E-state index is 0.222. The molecule has 0 aromatic heterocycles. The first-order valence-corrected chi connectivity index (χ1v) is 6.19. The molecule has 0 aliphatic carbocycles. The zero-order chi connectivity index (χ0) is 14.0. The van der Waals surface area contributed by atoms with Crippen LogP contribution >= 0.6 is 0 Å². The Labute approximate surface area is 113 Å². The lowest BCUT2D eigenvalue weighted by atomic mass is 9.92. The van der Waals surface area contributed by atoms with Crippen LogP contribution in [0, 0.1) is 19.7 Å². The highest BCUT2D eigenvalue weighted by Gasteiger charge is 2.15. The summed E-state index contributed by atoms with van der Waals surface area (Å²) in [5, 5.41) is 0. The number of nitrogens with two attached hydrogens (primary N) is 1. The first kappa shape index (κ1) is 13.6. The maximum absolute atomic E-state index is 13.3. The molecule has 0 amide bonds. The smallest absolute Gasteiger partial charge is 0.123 e. The van der Waals surface area contributed by atoms with Gasteiger partial charge in [0.1, 0.15) is 11.6 Å². The number of hydrogen-bond donors (Lipinski definition) is 1. The Balaban J connectivity index is 2.40. The van der Waals surface area contributed by atoms with Crippen molar-refractivity contribution in [3.05, 3.63) is 64.5 Å². The maximum atomic E-state index is 13.3. The van der Waals surface area contributed by atoms with Gasteiger partial charge in [0.15, 0.2) is 0 Å². The van der Waals surface area contributed by atoms with Gasteiger partial charge in [0, 0.05) is 0 Å². The molecule has 0 aliphatic rings. The van der Waals surface area contributed by atoms with Crippen LogP contribution in [0.3, 0.4) is 0 Å². The van der Waals surface area contributed by atoms with Crippen LogP contribution in [0.2, 0.25) is 0 Å². The van der Waals surface area contributed by atoms with Crippen LogP contribution < -0.4 is 10.5 Å². The van der Waals surface area contributed by atoms with E-state index in [9.17, 15) is 4.39 Å². The van der Waals surface area contributed by atoms with Crippen LogP contribution in [0.25, 0.3) is 0 Å². The van der Waals surface area contributed by atoms with Gasteiger partial charge in [0.25, 0.3) is 0 Å². The van der Waals surface area contributed by atoms with Crippen LogP contribution in [0.15, 0.2) is 36.4 Å². The zero-order valence-corrected chi connectivity index (χ0v) is 11.4. The highest BCUT2D eigenvalue weighted by Crippen LogP contribution is 2.27. The van der Waals surface area contributed by atoms with Gasteiger partial charge in [-0.1, -0.05) is 12.1 Å². The maximum Gasteiger partial charge on any atom is 0.123 e. The molecule has 0 saturated heterocycles. The first-order valence-electron chi connectivity index (χ1n) is 6.19. The van der Waals surface area contributed by atoms with E-state index in [-0.39, 0.29) is 11.9 Å². The molecule has 0 radical (unpaired) electrons. The average molecular weight is 259 g/mol. The van der Waals surface area contributed by atoms with Gasteiger partial charge in [-0.3, -0.25) is 0 Å². The van der Waals surface area contributed by atoms with E-state index in [1.165, 1.54) is 12.1 Å². The average Bonchev–Trinajstić information content (AvgIpc) is 2.37. The van der Waals surface area contributed by atoms with E-state index in [4.69, 9.17) is 10.5 Å². The number of hydrogen-bond acceptors (Lipinski definition) is 2. The zero-order valence-electron chi connectivity index (χ0n) is 11.4. The summed E-state index contributed by atoms with van der Waals surface area (Å²) < 4.78 is 18.4. The predicted octanol–water partition coefficient (Wildman–Crippen LogP) is 3.50. The monoisotopic (exact) mass is 259 g/mol. The van der Waals surface area contributed by atoms with Gasteiger partial charge in [-0.25, -0.2) is 4.39 Å². The largest absolute Gasteiger partial charge is 0.497 e. The van der Waals surface area contributed by atoms with Gasteiger partial charge in [-0.2, -0.15) is 0 Å². The van der Waals surface area contributed by atoms with Crippen molar-refractivity contribution in [2.45, 2.75) is 19.9 Å². The molecular formula is C16H18FNO. The van der Waals surface area contributed by atoms with Crippen LogP contribution in [-0.2, 0) is 0 Å². The number of aryl methyl sites for hydroxylation is 2. The van der Waals surface area contributed by atoms with E-state index in [2.05, 4.69) is 0 Å². The third kappa shape index (κ3) is 2.76. The minimum atomic E-state index is -0.258. The van der Waals surface area contributed by atoms with Crippen molar-refractivity contribution in [2.75, 3.05) is 7.11 Å². The lowest BCUT2D eigenvalue weighted by molar-refractivity contribution is 0.414. The van der Waals surface area contributed by atoms with Gasteiger partial charge in [0.05, 0.1) is 13.2 Å². The molecule has 0 saturated carbocycles. The molecule has 0 spiro atoms. The molecule has 0 heterocycles. The summed E-state index contributed by atoms with van der Waals surface area (Å²) in [6, 6.07) is 10.4. The van der Waals surface area contributed by atoms with Crippen molar-refractivity contribution in [3.8, 4) is 5.75 Å². The summed E-state index contributed by atoms with van der Waals surface area (Å²) in [7, 11) is 1.63. The molecule has 2 aromatic rings. The van der Waals surface area contributed by atoms with Gasteiger partial charge in [-0.15, -0.1) is 0 Å². The molecular weight excluding hydrogens is 241 g/mol. The van der Waals surface area contributed by atoms with Crippen LogP contribution in [0.1, 0.15) is 28.3 Å². The van der Waals surface area contributed by atoms with Crippen LogP contribution in [-0.4, -0.2) is 7.11 Å². The van der Waals surface area contributed by atoms with Crippen LogP contribution in [0.4, 0.5) is 4.39 Å². The van der Waals surface area contributed by atoms with E-state index >= 15 is 0 Å². The SMILES string of the molecule is COc1ccc(C(N)c2c(C)cc(F)cc2C)cc1. The Morgan fingerprint density at radius 1 is 1.05 bits per heavy atom. The molecule has 1 atom stereocenters. The van der Waals surface area contributed by atoms with E-state index < -0.39 is 0 Å². The number of benzene rings is 2. The lowest BCUT2D eigenvalue weighted by Gasteiger charge is -2.18. The molecule has 100 valence electrons. The Bertz CT molecular complexity index is 555. The van der Waals surface area contributed by atoms with Crippen LogP contribution in [0.5, 0.6) is 5.75 Å². The lowest BCUT2D eigenvalue weighted by Crippen LogP contribution is -2.15. The standard InChI is InChI=1S/C16H18FNO/c1-10-8-13(17)9-11(2)15(10)16(18)12-4-6-14(19-3)7-5-12/h4-9,16H,18H2,1-3H3. The molecule has 1 unspecified atom stereocenters. The van der Waals surface area contributed by atoms with E-state index in [1.54, 1.807) is 7.11 Å². The quantitative estimate of drug-likeness (QED) is 0.915. The second-order valence-electron chi connectivity index (χ2n) is 4.70. The summed E-state index contributed by atoms with van der Waals surface area (Å²) in [6.07, 6.45) is 0. The van der Waals surface area contributed by atoms with E-state index in [0.717, 1.165) is 28.0 Å². The highest BCUT2D eigenvalue weighted by molar-refractivity contribution is 5.43. The van der Waals surface area contributed by atoms with Crippen molar-refractivity contribution < 1.29 is 9.13 Å². The number of ether oxygens (including phenoxy) is 1. The van der Waals surface area contributed by atoms with Crippen molar-refractivity contribution >= 4 is 0 Å². The minimum Gasteiger partial charge on any atom is -0.497 e. The van der Waals surface area contributed by atoms with Gasteiger partial charge >= 0.3 is 0 Å². The molecule has 2 nitrogen and oxygen atoms in total. The van der Waals surface area contributed by atoms with Gasteiger partial charge < -0.3 is 10.5 Å². The fourth-order valence-electron chi connectivity index (χ4n) is 2.39. The molecule has 0 aliphatic heterocycles. The van der Waals surface area contributed by atoms with Crippen molar-refractivity contribution in [1.29, 1.82) is 0 Å². The third-order valence-electron chi connectivity index (χ3n) is 3.34. The van der Waals surface area contributed by atoms with Crippen molar-refractivity contribution in [3.63, 3.8) is 0 Å². The summed E-state index contributed by atoms with van der Waals surface area (Å²) in [6.45, 7) is 3.77. The fraction of sp³-hybridized carbons (Fsp3) is 0.250. The van der Waals surface area contributed by atoms with Gasteiger partial charge in [0.2, 0.25) is 0 Å². The summed E-state index contributed by atoms with van der Waals surface area (Å²) >= 11 is 0. The topological polar surface area (TPSA) is 35.2 Å². The number of rotatable bonds is 3. The second kappa shape index (κ2) is 5.41. The normalized spacial score (nSPS) is 12.3. The Kier molecular flexibility index (Phi) is 3.86. The van der Waals surface area contributed by atoms with E-state index in [0.29, 0.717) is 0 Å². The molecule has 3 heteroatoms.